The fraction of sp³-hybridized carbons (Fsp3) is 0.222. The molecule has 0 spiro atoms. The van der Waals surface area contributed by atoms with Crippen molar-refractivity contribution >= 4 is 5.91 Å². The summed E-state index contributed by atoms with van der Waals surface area (Å²) in [6.45, 7) is 1.34. The Kier molecular flexibility index (Phi) is 3.78. The van der Waals surface area contributed by atoms with Gasteiger partial charge in [0.25, 0.3) is 5.91 Å². The van der Waals surface area contributed by atoms with Crippen molar-refractivity contribution in [1.29, 1.82) is 0 Å². The Labute approximate surface area is 139 Å². The molecule has 1 aliphatic rings. The van der Waals surface area contributed by atoms with E-state index in [0.717, 1.165) is 17.7 Å². The molecule has 1 atom stereocenters. The standard InChI is InChI=1S/C18H17N5O/c24-18(16-8-4-5-10-19-16)22-11-9-15(12-22)23-13-17(20-21-23)14-6-2-1-3-7-14/h1-8,10,13,15H,9,11-12H2. The van der Waals surface area contributed by atoms with Crippen LogP contribution in [0.1, 0.15) is 23.0 Å². The minimum atomic E-state index is -0.0264. The Morgan fingerprint density at radius 3 is 2.71 bits per heavy atom. The van der Waals surface area contributed by atoms with Crippen LogP contribution in [0.15, 0.2) is 60.9 Å². The largest absolute Gasteiger partial charge is 0.335 e. The number of carbonyl (C=O) groups is 1. The van der Waals surface area contributed by atoms with Gasteiger partial charge in [-0.3, -0.25) is 9.78 Å². The van der Waals surface area contributed by atoms with E-state index in [2.05, 4.69) is 15.3 Å². The molecule has 0 N–H and O–H groups in total. The number of nitrogens with zero attached hydrogens (tertiary/aromatic N) is 5. The highest BCUT2D eigenvalue weighted by Gasteiger charge is 2.29. The molecule has 24 heavy (non-hydrogen) atoms. The molecule has 1 saturated heterocycles. The first-order chi connectivity index (χ1) is 11.8. The maximum Gasteiger partial charge on any atom is 0.272 e. The van der Waals surface area contributed by atoms with Gasteiger partial charge in [0, 0.05) is 24.8 Å². The zero-order valence-corrected chi connectivity index (χ0v) is 13.1. The molecule has 1 aromatic carbocycles. The quantitative estimate of drug-likeness (QED) is 0.744. The van der Waals surface area contributed by atoms with Crippen LogP contribution in [0, 0.1) is 0 Å². The van der Waals surface area contributed by atoms with Crippen LogP contribution >= 0.6 is 0 Å². The lowest BCUT2D eigenvalue weighted by Gasteiger charge is -2.15. The number of hydrogen-bond acceptors (Lipinski definition) is 4. The van der Waals surface area contributed by atoms with Gasteiger partial charge in [0.2, 0.25) is 0 Å². The highest BCUT2D eigenvalue weighted by molar-refractivity contribution is 5.92. The fourth-order valence-electron chi connectivity index (χ4n) is 2.99. The molecule has 3 heterocycles. The van der Waals surface area contributed by atoms with Crippen LogP contribution in [0.2, 0.25) is 0 Å². The molecule has 0 bridgehead atoms. The minimum absolute atomic E-state index is 0.0264. The van der Waals surface area contributed by atoms with Crippen molar-refractivity contribution in [1.82, 2.24) is 24.9 Å². The number of likely N-dealkylation sites (tertiary alicyclic amines) is 1. The Morgan fingerprint density at radius 1 is 1.08 bits per heavy atom. The maximum absolute atomic E-state index is 12.5. The second-order valence-corrected chi connectivity index (χ2v) is 5.86. The smallest absolute Gasteiger partial charge is 0.272 e. The molecular weight excluding hydrogens is 302 g/mol. The van der Waals surface area contributed by atoms with E-state index in [9.17, 15) is 4.79 Å². The van der Waals surface area contributed by atoms with E-state index in [1.54, 1.807) is 12.3 Å². The van der Waals surface area contributed by atoms with Crippen molar-refractivity contribution in [3.63, 3.8) is 0 Å². The lowest BCUT2D eigenvalue weighted by Crippen LogP contribution is -2.29. The third kappa shape index (κ3) is 2.78. The Balaban J connectivity index is 1.48. The van der Waals surface area contributed by atoms with Crippen LogP contribution in [-0.4, -0.2) is 43.9 Å². The van der Waals surface area contributed by atoms with Crippen molar-refractivity contribution in [2.24, 2.45) is 0 Å². The van der Waals surface area contributed by atoms with Gasteiger partial charge in [-0.05, 0) is 18.6 Å². The summed E-state index contributed by atoms with van der Waals surface area (Å²) >= 11 is 0. The van der Waals surface area contributed by atoms with E-state index < -0.39 is 0 Å². The first-order valence-electron chi connectivity index (χ1n) is 7.99. The van der Waals surface area contributed by atoms with Crippen molar-refractivity contribution in [3.8, 4) is 11.3 Å². The molecule has 1 fully saturated rings. The first kappa shape index (κ1) is 14.6. The predicted octanol–water partition coefficient (Wildman–Crippen LogP) is 2.43. The SMILES string of the molecule is O=C(c1ccccn1)N1CCC(n2cc(-c3ccccc3)nn2)C1. The van der Waals surface area contributed by atoms with E-state index in [4.69, 9.17) is 0 Å². The van der Waals surface area contributed by atoms with Crippen LogP contribution in [-0.2, 0) is 0 Å². The van der Waals surface area contributed by atoms with Gasteiger partial charge in [-0.25, -0.2) is 4.68 Å². The van der Waals surface area contributed by atoms with Gasteiger partial charge in [-0.15, -0.1) is 5.10 Å². The molecule has 6 heteroatoms. The van der Waals surface area contributed by atoms with E-state index in [0.29, 0.717) is 18.8 Å². The van der Waals surface area contributed by atoms with Gasteiger partial charge in [-0.2, -0.15) is 0 Å². The van der Waals surface area contributed by atoms with Crippen LogP contribution in [0.3, 0.4) is 0 Å². The number of rotatable bonds is 3. The van der Waals surface area contributed by atoms with Crippen LogP contribution in [0.25, 0.3) is 11.3 Å². The molecule has 1 unspecified atom stereocenters. The first-order valence-corrected chi connectivity index (χ1v) is 7.99. The molecule has 2 aromatic heterocycles. The zero-order chi connectivity index (χ0) is 16.4. The van der Waals surface area contributed by atoms with Gasteiger partial charge < -0.3 is 4.90 Å². The third-order valence-electron chi connectivity index (χ3n) is 4.29. The summed E-state index contributed by atoms with van der Waals surface area (Å²) in [6, 6.07) is 15.5. The summed E-state index contributed by atoms with van der Waals surface area (Å²) in [5.74, 6) is -0.0264. The van der Waals surface area contributed by atoms with E-state index in [-0.39, 0.29) is 11.9 Å². The summed E-state index contributed by atoms with van der Waals surface area (Å²) in [7, 11) is 0. The number of hydrogen-bond donors (Lipinski definition) is 0. The number of benzene rings is 1. The summed E-state index contributed by atoms with van der Waals surface area (Å²) in [4.78, 5) is 18.4. The molecule has 4 rings (SSSR count). The molecule has 1 amide bonds. The lowest BCUT2D eigenvalue weighted by molar-refractivity contribution is 0.0781. The average molecular weight is 319 g/mol. The molecule has 120 valence electrons. The normalized spacial score (nSPS) is 17.2. The molecule has 0 aliphatic carbocycles. The fourth-order valence-corrected chi connectivity index (χ4v) is 2.99. The van der Waals surface area contributed by atoms with Gasteiger partial charge in [0.1, 0.15) is 11.4 Å². The summed E-state index contributed by atoms with van der Waals surface area (Å²) < 4.78 is 1.87. The van der Waals surface area contributed by atoms with Gasteiger partial charge >= 0.3 is 0 Å². The molecule has 1 aliphatic heterocycles. The molecule has 0 radical (unpaired) electrons. The highest BCUT2D eigenvalue weighted by atomic mass is 16.2. The zero-order valence-electron chi connectivity index (χ0n) is 13.1. The molecule has 0 saturated carbocycles. The number of pyridine rings is 1. The van der Waals surface area contributed by atoms with Crippen molar-refractivity contribution in [3.05, 3.63) is 66.6 Å². The summed E-state index contributed by atoms with van der Waals surface area (Å²) in [5.41, 5.74) is 2.38. The number of carbonyl (C=O) groups excluding carboxylic acids is 1. The highest BCUT2D eigenvalue weighted by Crippen LogP contribution is 2.24. The minimum Gasteiger partial charge on any atom is -0.335 e. The van der Waals surface area contributed by atoms with E-state index in [1.165, 1.54) is 0 Å². The van der Waals surface area contributed by atoms with Crippen molar-refractivity contribution in [2.45, 2.75) is 12.5 Å². The predicted molar refractivity (Wildman–Crippen MR) is 89.3 cm³/mol. The molecule has 3 aromatic rings. The van der Waals surface area contributed by atoms with Gasteiger partial charge in [-0.1, -0.05) is 41.6 Å². The van der Waals surface area contributed by atoms with Crippen molar-refractivity contribution < 1.29 is 4.79 Å². The van der Waals surface area contributed by atoms with Crippen LogP contribution in [0.4, 0.5) is 0 Å². The van der Waals surface area contributed by atoms with E-state index >= 15 is 0 Å². The maximum atomic E-state index is 12.5. The Bertz CT molecular complexity index is 831. The van der Waals surface area contributed by atoms with Gasteiger partial charge in [0.15, 0.2) is 0 Å². The Morgan fingerprint density at radius 2 is 1.92 bits per heavy atom. The third-order valence-corrected chi connectivity index (χ3v) is 4.29. The summed E-state index contributed by atoms with van der Waals surface area (Å²) in [5, 5.41) is 8.51. The number of amides is 1. The molecule has 6 nitrogen and oxygen atoms in total. The number of aromatic nitrogens is 4. The molecular formula is C18H17N5O. The monoisotopic (exact) mass is 319 g/mol. The van der Waals surface area contributed by atoms with Crippen molar-refractivity contribution in [2.75, 3.05) is 13.1 Å². The second-order valence-electron chi connectivity index (χ2n) is 5.86. The average Bonchev–Trinajstić information content (AvgIpc) is 3.32. The van der Waals surface area contributed by atoms with Gasteiger partial charge in [0.05, 0.1) is 12.2 Å². The Hall–Kier alpha value is -3.02. The second kappa shape index (κ2) is 6.23. The lowest BCUT2D eigenvalue weighted by atomic mass is 10.2. The van der Waals surface area contributed by atoms with Crippen LogP contribution < -0.4 is 0 Å². The summed E-state index contributed by atoms with van der Waals surface area (Å²) in [6.07, 6.45) is 4.47. The van der Waals surface area contributed by atoms with Crippen LogP contribution in [0.5, 0.6) is 0 Å². The van der Waals surface area contributed by atoms with E-state index in [1.807, 2.05) is 58.2 Å². The topological polar surface area (TPSA) is 63.9 Å².